The first kappa shape index (κ1) is 20.7. The topological polar surface area (TPSA) is 83.4 Å². The Morgan fingerprint density at radius 2 is 1.55 bits per heavy atom. The normalized spacial score (nSPS) is 15.4. The van der Waals surface area contributed by atoms with Gasteiger partial charge < -0.3 is 18.9 Å². The molecule has 2 aromatic rings. The average molecular weight is 415 g/mol. The molecule has 0 spiro atoms. The molecule has 2 aromatic carbocycles. The van der Waals surface area contributed by atoms with Gasteiger partial charge in [-0.2, -0.15) is 0 Å². The minimum Gasteiger partial charge on any atom is -0.493 e. The fraction of sp³-hybridized carbons (Fsp3) is 0.286. The molecule has 0 saturated heterocycles. The van der Waals surface area contributed by atoms with Crippen molar-refractivity contribution in [2.45, 2.75) is 5.37 Å². The summed E-state index contributed by atoms with van der Waals surface area (Å²) in [7, 11) is 5.86. The van der Waals surface area contributed by atoms with Crippen molar-refractivity contribution >= 4 is 29.2 Å². The number of rotatable bonds is 7. The molecule has 8 heteroatoms. The van der Waals surface area contributed by atoms with E-state index >= 15 is 0 Å². The molecular weight excluding hydrogens is 394 g/mol. The zero-order valence-corrected chi connectivity index (χ0v) is 17.4. The van der Waals surface area contributed by atoms with Crippen LogP contribution in [0.15, 0.2) is 41.4 Å². The molecule has 0 bridgehead atoms. The van der Waals surface area contributed by atoms with E-state index in [9.17, 15) is 9.59 Å². The van der Waals surface area contributed by atoms with Crippen molar-refractivity contribution in [2.24, 2.45) is 4.99 Å². The van der Waals surface area contributed by atoms with Crippen molar-refractivity contribution < 1.29 is 28.5 Å². The van der Waals surface area contributed by atoms with Crippen LogP contribution in [0.25, 0.3) is 0 Å². The lowest BCUT2D eigenvalue weighted by molar-refractivity contribution is 0.0600. The quantitative estimate of drug-likeness (QED) is 0.505. The predicted molar refractivity (Wildman–Crippen MR) is 111 cm³/mol. The van der Waals surface area contributed by atoms with Gasteiger partial charge >= 0.3 is 5.97 Å². The van der Waals surface area contributed by atoms with Gasteiger partial charge in [0, 0.05) is 11.3 Å². The standard InChI is InChI=1S/C21H21NO6S/c1-25-16-9-14(10-17(26-2)19(16)27-3)18(23)15-11-29-20(22-15)12-5-7-13(8-6-12)21(24)28-4/h5-10,20H,11H2,1-4H3. The Hall–Kier alpha value is -3.00. The second kappa shape index (κ2) is 9.00. The van der Waals surface area contributed by atoms with Gasteiger partial charge in [0.1, 0.15) is 5.37 Å². The highest BCUT2D eigenvalue weighted by molar-refractivity contribution is 8.00. The molecule has 0 fully saturated rings. The minimum atomic E-state index is -0.391. The Morgan fingerprint density at radius 1 is 0.931 bits per heavy atom. The monoisotopic (exact) mass is 415 g/mol. The highest BCUT2D eigenvalue weighted by Crippen LogP contribution is 2.40. The van der Waals surface area contributed by atoms with Crippen molar-refractivity contribution in [2.75, 3.05) is 34.2 Å². The third-order valence-electron chi connectivity index (χ3n) is 4.46. The average Bonchev–Trinajstić information content (AvgIpc) is 3.27. The fourth-order valence-electron chi connectivity index (χ4n) is 2.95. The molecule has 7 nitrogen and oxygen atoms in total. The maximum atomic E-state index is 13.0. The molecule has 0 aromatic heterocycles. The van der Waals surface area contributed by atoms with Gasteiger partial charge in [-0.1, -0.05) is 12.1 Å². The third kappa shape index (κ3) is 4.22. The lowest BCUT2D eigenvalue weighted by Gasteiger charge is -2.13. The first-order valence-electron chi connectivity index (χ1n) is 8.73. The van der Waals surface area contributed by atoms with Crippen LogP contribution in [0.5, 0.6) is 17.2 Å². The SMILES string of the molecule is COC(=O)c1ccc(C2N=C(C(=O)c3cc(OC)c(OC)c(OC)c3)CS2)cc1. The van der Waals surface area contributed by atoms with Crippen molar-refractivity contribution in [3.63, 3.8) is 0 Å². The summed E-state index contributed by atoms with van der Waals surface area (Å²) in [4.78, 5) is 29.1. The first-order valence-corrected chi connectivity index (χ1v) is 9.78. The van der Waals surface area contributed by atoms with Gasteiger partial charge in [-0.25, -0.2) is 4.79 Å². The maximum Gasteiger partial charge on any atom is 0.337 e. The Bertz CT molecular complexity index is 929. The van der Waals surface area contributed by atoms with Crippen LogP contribution in [-0.2, 0) is 4.74 Å². The number of carbonyl (C=O) groups excluding carboxylic acids is 2. The van der Waals surface area contributed by atoms with E-state index in [1.165, 1.54) is 28.4 Å². The van der Waals surface area contributed by atoms with E-state index in [4.69, 9.17) is 18.9 Å². The molecule has 1 unspecified atom stereocenters. The summed E-state index contributed by atoms with van der Waals surface area (Å²) in [6, 6.07) is 10.3. The van der Waals surface area contributed by atoms with Crippen molar-refractivity contribution in [3.8, 4) is 17.2 Å². The number of ketones is 1. The van der Waals surface area contributed by atoms with E-state index in [-0.39, 0.29) is 11.2 Å². The predicted octanol–water partition coefficient (Wildman–Crippen LogP) is 3.57. The van der Waals surface area contributed by atoms with Crippen LogP contribution in [0.1, 0.15) is 31.7 Å². The van der Waals surface area contributed by atoms with Gasteiger partial charge in [0.2, 0.25) is 11.5 Å². The lowest BCUT2D eigenvalue weighted by Crippen LogP contribution is -2.15. The molecule has 1 heterocycles. The number of benzene rings is 2. The number of Topliss-reactive ketones (excluding diaryl/α,β-unsaturated/α-hetero) is 1. The third-order valence-corrected chi connectivity index (χ3v) is 5.59. The summed E-state index contributed by atoms with van der Waals surface area (Å²) >= 11 is 1.55. The summed E-state index contributed by atoms with van der Waals surface area (Å²) in [5.41, 5.74) is 2.26. The molecule has 0 amide bonds. The number of hydrogen-bond donors (Lipinski definition) is 0. The molecule has 0 N–H and O–H groups in total. The van der Waals surface area contributed by atoms with E-state index < -0.39 is 5.97 Å². The number of nitrogens with zero attached hydrogens (tertiary/aromatic N) is 1. The number of methoxy groups -OCH3 is 4. The zero-order chi connectivity index (χ0) is 21.0. The Balaban J connectivity index is 1.85. The zero-order valence-electron chi connectivity index (χ0n) is 16.6. The molecule has 29 heavy (non-hydrogen) atoms. The van der Waals surface area contributed by atoms with Crippen LogP contribution in [0.3, 0.4) is 0 Å². The van der Waals surface area contributed by atoms with Crippen LogP contribution >= 0.6 is 11.8 Å². The molecule has 3 rings (SSSR count). The summed E-state index contributed by atoms with van der Waals surface area (Å²) < 4.78 is 20.7. The second-order valence-corrected chi connectivity index (χ2v) is 7.16. The number of esters is 1. The number of thioether (sulfide) groups is 1. The van der Waals surface area contributed by atoms with Gasteiger partial charge in [0.15, 0.2) is 11.5 Å². The Morgan fingerprint density at radius 3 is 2.07 bits per heavy atom. The highest BCUT2D eigenvalue weighted by atomic mass is 32.2. The van der Waals surface area contributed by atoms with Crippen LogP contribution in [0.4, 0.5) is 0 Å². The number of aliphatic imine (C=N–C) groups is 1. The van der Waals surface area contributed by atoms with Crippen LogP contribution in [0, 0.1) is 0 Å². The summed E-state index contributed by atoms with van der Waals surface area (Å²) in [6.07, 6.45) is 0. The Kier molecular flexibility index (Phi) is 6.43. The maximum absolute atomic E-state index is 13.0. The van der Waals surface area contributed by atoms with Gasteiger partial charge in [0.25, 0.3) is 0 Å². The van der Waals surface area contributed by atoms with Crippen LogP contribution in [0.2, 0.25) is 0 Å². The number of hydrogen-bond acceptors (Lipinski definition) is 8. The summed E-state index contributed by atoms with van der Waals surface area (Å²) in [5, 5.41) is -0.206. The van der Waals surface area contributed by atoms with Gasteiger partial charge in [-0.05, 0) is 29.8 Å². The van der Waals surface area contributed by atoms with E-state index in [0.29, 0.717) is 39.8 Å². The van der Waals surface area contributed by atoms with Gasteiger partial charge in [-0.15, -0.1) is 11.8 Å². The van der Waals surface area contributed by atoms with Crippen molar-refractivity contribution in [1.29, 1.82) is 0 Å². The van der Waals surface area contributed by atoms with Gasteiger partial charge in [-0.3, -0.25) is 9.79 Å². The number of ether oxygens (including phenoxy) is 4. The van der Waals surface area contributed by atoms with Gasteiger partial charge in [0.05, 0.1) is 39.7 Å². The van der Waals surface area contributed by atoms with Crippen molar-refractivity contribution in [3.05, 3.63) is 53.1 Å². The molecule has 0 saturated carbocycles. The lowest BCUT2D eigenvalue weighted by atomic mass is 10.1. The number of carbonyl (C=O) groups is 2. The molecule has 1 atom stereocenters. The van der Waals surface area contributed by atoms with E-state index in [2.05, 4.69) is 4.99 Å². The van der Waals surface area contributed by atoms with Crippen LogP contribution < -0.4 is 14.2 Å². The van der Waals surface area contributed by atoms with E-state index in [1.54, 1.807) is 36.0 Å². The van der Waals surface area contributed by atoms with E-state index in [0.717, 1.165) is 5.56 Å². The first-order chi connectivity index (χ1) is 14.0. The molecular formula is C21H21NO6S. The summed E-state index contributed by atoms with van der Waals surface area (Å²) in [5.74, 6) is 1.16. The molecule has 152 valence electrons. The molecule has 0 radical (unpaired) electrons. The highest BCUT2D eigenvalue weighted by Gasteiger charge is 2.27. The fourth-order valence-corrected chi connectivity index (χ4v) is 4.02. The molecule has 1 aliphatic rings. The minimum absolute atomic E-state index is 0.189. The van der Waals surface area contributed by atoms with E-state index in [1.807, 2.05) is 12.1 Å². The van der Waals surface area contributed by atoms with Crippen molar-refractivity contribution in [1.82, 2.24) is 0 Å². The second-order valence-electron chi connectivity index (χ2n) is 6.10. The smallest absolute Gasteiger partial charge is 0.337 e. The summed E-state index contributed by atoms with van der Waals surface area (Å²) in [6.45, 7) is 0. The largest absolute Gasteiger partial charge is 0.493 e. The Labute approximate surface area is 173 Å². The molecule has 0 aliphatic carbocycles. The molecule has 1 aliphatic heterocycles. The van der Waals surface area contributed by atoms with Crippen LogP contribution in [-0.4, -0.2) is 51.7 Å².